The highest BCUT2D eigenvalue weighted by Crippen LogP contribution is 2.30. The van der Waals surface area contributed by atoms with Crippen LogP contribution in [0.1, 0.15) is 180 Å². The van der Waals surface area contributed by atoms with Crippen molar-refractivity contribution in [3.63, 3.8) is 0 Å². The Hall–Kier alpha value is -6.59. The lowest BCUT2D eigenvalue weighted by Crippen LogP contribution is -2.60. The largest absolute Gasteiger partial charge is 0.370 e. The lowest BCUT2D eigenvalue weighted by atomic mass is 9.84. The molecule has 0 aromatic heterocycles. The van der Waals surface area contributed by atoms with Gasteiger partial charge in [0.15, 0.2) is 17.9 Å². The number of nitrogens with one attached hydrogen (secondary N) is 6. The lowest BCUT2D eigenvalue weighted by Gasteiger charge is -2.31. The molecular formula is C51H93N19O7. The minimum atomic E-state index is -1.24. The molecule has 434 valence electrons. The molecular weight excluding hydrogens is 991 g/mol. The maximum absolute atomic E-state index is 14.8. The molecule has 26 nitrogen and oxygen atoms in total. The van der Waals surface area contributed by atoms with Gasteiger partial charge in [-0.15, -0.1) is 0 Å². The van der Waals surface area contributed by atoms with Crippen LogP contribution in [0.5, 0.6) is 0 Å². The molecule has 20 N–H and O–H groups in total. The number of guanidine groups is 3. The molecule has 0 aliphatic heterocycles. The molecule has 0 spiro atoms. The summed E-state index contributed by atoms with van der Waals surface area (Å²) in [6, 6.07) is -6.71. The topological polar surface area (TPSA) is 460 Å². The summed E-state index contributed by atoms with van der Waals surface area (Å²) in [4.78, 5) is 113. The molecule has 77 heavy (non-hydrogen) atoms. The first kappa shape index (κ1) is 64.7. The molecule has 3 rings (SSSR count). The molecule has 0 heterocycles. The average molecular weight is 1080 g/mol. The second kappa shape index (κ2) is 37.2. The smallest absolute Gasteiger partial charge is 0.243 e. The SMILES string of the molecule is [N-]=[N+]=NCCCCCC(=O)N[C@@H](CC1CCCCC1)C(=O)N[C@H](CCCN=C(N)N)C(=O)N[C@@H](CC1CCCCC1)C(=O)N[C@H](CCCN=C(N)N)C(=O)N[C@@H](CC1CCCCC1)C(=O)N[C@H](CCCN=C(N)N)C(N)=O. The molecule has 0 saturated heterocycles. The number of amides is 7. The Labute approximate surface area is 454 Å². The summed E-state index contributed by atoms with van der Waals surface area (Å²) in [5.41, 5.74) is 47.7. The number of unbranched alkanes of at least 4 members (excludes halogenated alkanes) is 2. The van der Waals surface area contributed by atoms with Crippen LogP contribution < -0.4 is 72.0 Å². The minimum absolute atomic E-state index is 0.0399. The zero-order valence-electron chi connectivity index (χ0n) is 45.4. The van der Waals surface area contributed by atoms with E-state index in [1.807, 2.05) is 0 Å². The van der Waals surface area contributed by atoms with Gasteiger partial charge < -0.3 is 72.0 Å². The Kier molecular flexibility index (Phi) is 31.3. The molecule has 3 aliphatic carbocycles. The maximum atomic E-state index is 14.8. The van der Waals surface area contributed by atoms with Crippen molar-refractivity contribution in [2.45, 2.75) is 216 Å². The molecule has 0 radical (unpaired) electrons. The number of aliphatic imine (C=N–C) groups is 3. The van der Waals surface area contributed by atoms with Crippen LogP contribution in [0.2, 0.25) is 0 Å². The Balaban J connectivity index is 1.94. The normalized spacial score (nSPS) is 17.5. The molecule has 0 unspecified atom stereocenters. The van der Waals surface area contributed by atoms with E-state index in [0.717, 1.165) is 96.3 Å². The van der Waals surface area contributed by atoms with Gasteiger partial charge in [0.05, 0.1) is 0 Å². The molecule has 0 aromatic carbocycles. The molecule has 3 saturated carbocycles. The Morgan fingerprint density at radius 3 is 1.08 bits per heavy atom. The number of carbonyl (C=O) groups excluding carboxylic acids is 7. The van der Waals surface area contributed by atoms with Gasteiger partial charge >= 0.3 is 0 Å². The summed E-state index contributed by atoms with van der Waals surface area (Å²) in [5, 5.41) is 20.8. The fourth-order valence-corrected chi connectivity index (χ4v) is 10.6. The molecule has 7 amide bonds. The summed E-state index contributed by atoms with van der Waals surface area (Å²) in [6.07, 6.45) is 18.1. The zero-order valence-corrected chi connectivity index (χ0v) is 45.4. The summed E-state index contributed by atoms with van der Waals surface area (Å²) in [5.74, 6) is -4.30. The van der Waals surface area contributed by atoms with E-state index in [1.54, 1.807) is 0 Å². The monoisotopic (exact) mass is 1080 g/mol. The van der Waals surface area contributed by atoms with E-state index in [-0.39, 0.29) is 113 Å². The van der Waals surface area contributed by atoms with Crippen LogP contribution in [-0.2, 0) is 33.6 Å². The highest BCUT2D eigenvalue weighted by Gasteiger charge is 2.36. The number of primary amides is 1. The number of hydrogen-bond donors (Lipinski definition) is 13. The fraction of sp³-hybridized carbons (Fsp3) is 0.804. The molecule has 3 fully saturated rings. The van der Waals surface area contributed by atoms with E-state index in [0.29, 0.717) is 38.6 Å². The van der Waals surface area contributed by atoms with Gasteiger partial charge in [0, 0.05) is 37.5 Å². The molecule has 3 aliphatic rings. The second-order valence-electron chi connectivity index (χ2n) is 21.2. The summed E-state index contributed by atoms with van der Waals surface area (Å²) in [7, 11) is 0. The van der Waals surface area contributed by atoms with Crippen molar-refractivity contribution in [2.75, 3.05) is 26.2 Å². The highest BCUT2D eigenvalue weighted by molar-refractivity contribution is 5.97. The summed E-state index contributed by atoms with van der Waals surface area (Å²) < 4.78 is 0. The predicted molar refractivity (Wildman–Crippen MR) is 297 cm³/mol. The fourth-order valence-electron chi connectivity index (χ4n) is 10.6. The molecule has 26 heteroatoms. The van der Waals surface area contributed by atoms with Crippen molar-refractivity contribution in [3.05, 3.63) is 10.4 Å². The first-order valence-corrected chi connectivity index (χ1v) is 28.2. The van der Waals surface area contributed by atoms with Crippen molar-refractivity contribution in [1.29, 1.82) is 0 Å². The third-order valence-electron chi connectivity index (χ3n) is 14.8. The van der Waals surface area contributed by atoms with E-state index in [4.69, 9.17) is 45.7 Å². The third kappa shape index (κ3) is 27.9. The van der Waals surface area contributed by atoms with Gasteiger partial charge in [-0.1, -0.05) is 108 Å². The Bertz CT molecular complexity index is 1990. The highest BCUT2D eigenvalue weighted by atomic mass is 16.2. The average Bonchev–Trinajstić information content (AvgIpc) is 3.40. The first-order chi connectivity index (χ1) is 36.9. The maximum Gasteiger partial charge on any atom is 0.243 e. The van der Waals surface area contributed by atoms with E-state index in [2.05, 4.69) is 56.9 Å². The van der Waals surface area contributed by atoms with Gasteiger partial charge in [0.25, 0.3) is 0 Å². The number of rotatable bonds is 36. The van der Waals surface area contributed by atoms with E-state index >= 15 is 0 Å². The molecule has 6 atom stereocenters. The zero-order chi connectivity index (χ0) is 56.4. The number of azide groups is 1. The van der Waals surface area contributed by atoms with E-state index in [1.165, 1.54) is 0 Å². The number of carbonyl (C=O) groups is 7. The Morgan fingerprint density at radius 1 is 0.403 bits per heavy atom. The lowest BCUT2D eigenvalue weighted by molar-refractivity contribution is -0.136. The number of nitrogens with two attached hydrogens (primary N) is 7. The molecule has 0 aromatic rings. The summed E-state index contributed by atoms with van der Waals surface area (Å²) >= 11 is 0. The van der Waals surface area contributed by atoms with Gasteiger partial charge in [-0.2, -0.15) is 0 Å². The quantitative estimate of drug-likeness (QED) is 0.0105. The van der Waals surface area contributed by atoms with Crippen LogP contribution in [0.15, 0.2) is 20.1 Å². The van der Waals surface area contributed by atoms with Crippen LogP contribution in [0.3, 0.4) is 0 Å². The van der Waals surface area contributed by atoms with Crippen molar-refractivity contribution < 1.29 is 33.6 Å². The minimum Gasteiger partial charge on any atom is -0.370 e. The van der Waals surface area contributed by atoms with Crippen molar-refractivity contribution in [3.8, 4) is 0 Å². The van der Waals surface area contributed by atoms with Gasteiger partial charge in [0.2, 0.25) is 41.4 Å². The van der Waals surface area contributed by atoms with Gasteiger partial charge in [-0.3, -0.25) is 48.5 Å². The van der Waals surface area contributed by atoms with E-state index < -0.39 is 71.7 Å². The number of nitrogens with zero attached hydrogens (tertiary/aromatic N) is 6. The van der Waals surface area contributed by atoms with Crippen LogP contribution in [-0.4, -0.2) is 122 Å². The van der Waals surface area contributed by atoms with Crippen LogP contribution in [0, 0.1) is 17.8 Å². The summed E-state index contributed by atoms with van der Waals surface area (Å²) in [6.45, 7) is 0.798. The third-order valence-corrected chi connectivity index (χ3v) is 14.8. The Morgan fingerprint density at radius 2 is 0.727 bits per heavy atom. The first-order valence-electron chi connectivity index (χ1n) is 28.2. The standard InChI is InChI=1S/C51H93N19O7/c52-43(72)36(22-13-26-60-49(53)54)65-47(76)40(31-34-18-7-2-8-19-34)68-45(74)38(24-15-28-62-51(57)58)67-48(77)41(32-35-20-9-3-10-21-35)69-44(73)37(23-14-27-61-50(55)56)66-46(75)39(30-33-16-5-1-6-17-33)64-42(71)25-11-4-12-29-63-70-59/h33-41H,1-32H2,(H2,52,72)(H,64,71)(H,65,76)(H,66,75)(H,67,77)(H,68,74)(H,69,73)(H4,53,54,60)(H4,55,56,61)(H4,57,58,62)/t36-,37-,38-,39+,40+,41+/m1/s1. The van der Waals surface area contributed by atoms with Crippen LogP contribution in [0.25, 0.3) is 10.4 Å². The predicted octanol–water partition coefficient (Wildman–Crippen LogP) is 1.32. The van der Waals surface area contributed by atoms with Gasteiger partial charge in [0.1, 0.15) is 36.3 Å². The van der Waals surface area contributed by atoms with Crippen molar-refractivity contribution in [1.82, 2.24) is 31.9 Å². The molecule has 0 bridgehead atoms. The van der Waals surface area contributed by atoms with Crippen molar-refractivity contribution in [2.24, 2.45) is 78.0 Å². The second-order valence-corrected chi connectivity index (χ2v) is 21.2. The van der Waals surface area contributed by atoms with E-state index in [9.17, 15) is 33.6 Å². The number of hydrogen-bond acceptors (Lipinski definition) is 11. The van der Waals surface area contributed by atoms with Gasteiger partial charge in [-0.05, 0) is 93.9 Å². The van der Waals surface area contributed by atoms with Crippen LogP contribution in [0.4, 0.5) is 0 Å². The van der Waals surface area contributed by atoms with Crippen molar-refractivity contribution >= 4 is 59.2 Å². The van der Waals surface area contributed by atoms with Crippen LogP contribution >= 0.6 is 0 Å². The van der Waals surface area contributed by atoms with Gasteiger partial charge in [-0.25, -0.2) is 0 Å².